The van der Waals surface area contributed by atoms with E-state index in [-0.39, 0.29) is 6.03 Å². The molecule has 7 nitrogen and oxygen atoms in total. The van der Waals surface area contributed by atoms with E-state index in [9.17, 15) is 4.79 Å². The lowest BCUT2D eigenvalue weighted by atomic mass is 10.1. The summed E-state index contributed by atoms with van der Waals surface area (Å²) in [5.74, 6) is 1.28. The molecule has 0 radical (unpaired) electrons. The third kappa shape index (κ3) is 3.91. The highest BCUT2D eigenvalue weighted by Gasteiger charge is 2.15. The molecule has 0 saturated heterocycles. The molecule has 154 valence electrons. The van der Waals surface area contributed by atoms with Gasteiger partial charge in [0.15, 0.2) is 11.5 Å². The number of aromatic nitrogens is 3. The van der Waals surface area contributed by atoms with Crippen LogP contribution in [0.25, 0.3) is 27.9 Å². The van der Waals surface area contributed by atoms with E-state index in [1.807, 2.05) is 55.6 Å². The first-order valence-corrected chi connectivity index (χ1v) is 10.2. The Hall–Kier alpha value is -3.61. The highest BCUT2D eigenvalue weighted by molar-refractivity contribution is 5.90. The molecule has 30 heavy (non-hydrogen) atoms. The Morgan fingerprint density at radius 3 is 2.60 bits per heavy atom. The van der Waals surface area contributed by atoms with Gasteiger partial charge in [0.2, 0.25) is 0 Å². The molecular formula is C23H26N6O. The first-order chi connectivity index (χ1) is 14.6. The fraction of sp³-hybridized carbons (Fsp3) is 0.261. The van der Waals surface area contributed by atoms with E-state index < -0.39 is 0 Å². The number of fused-ring (bicyclic) bond motifs is 3. The van der Waals surface area contributed by atoms with Gasteiger partial charge < -0.3 is 16.0 Å². The van der Waals surface area contributed by atoms with Crippen LogP contribution in [0.2, 0.25) is 0 Å². The van der Waals surface area contributed by atoms with Crippen molar-refractivity contribution in [3.05, 3.63) is 54.7 Å². The van der Waals surface area contributed by atoms with Crippen molar-refractivity contribution in [1.29, 1.82) is 0 Å². The third-order valence-electron chi connectivity index (χ3n) is 4.78. The maximum atomic E-state index is 11.7. The molecule has 2 amide bonds. The largest absolute Gasteiger partial charge is 0.367 e. The molecule has 4 rings (SSSR count). The number of benzene rings is 2. The number of carbonyl (C=O) groups is 1. The molecule has 0 saturated carbocycles. The quantitative estimate of drug-likeness (QED) is 0.434. The zero-order chi connectivity index (χ0) is 21.1. The molecule has 7 heteroatoms. The number of hydrogen-bond acceptors (Lipinski definition) is 4. The van der Waals surface area contributed by atoms with Crippen LogP contribution in [0.5, 0.6) is 0 Å². The van der Waals surface area contributed by atoms with Crippen molar-refractivity contribution in [3.8, 4) is 11.3 Å². The highest BCUT2D eigenvalue weighted by atomic mass is 16.2. The summed E-state index contributed by atoms with van der Waals surface area (Å²) in [5.41, 5.74) is 5.43. The first kappa shape index (κ1) is 19.7. The van der Waals surface area contributed by atoms with E-state index in [1.165, 1.54) is 0 Å². The van der Waals surface area contributed by atoms with Crippen molar-refractivity contribution in [1.82, 2.24) is 19.7 Å². The van der Waals surface area contributed by atoms with Gasteiger partial charge in [0.1, 0.15) is 0 Å². The Balaban J connectivity index is 1.77. The average Bonchev–Trinajstić information content (AvgIpc) is 3.18. The fourth-order valence-corrected chi connectivity index (χ4v) is 3.36. The van der Waals surface area contributed by atoms with Gasteiger partial charge in [-0.1, -0.05) is 38.1 Å². The molecule has 0 atom stereocenters. The minimum absolute atomic E-state index is 0.210. The maximum absolute atomic E-state index is 11.7. The van der Waals surface area contributed by atoms with Gasteiger partial charge in [-0.25, -0.2) is 14.8 Å². The minimum Gasteiger partial charge on any atom is -0.367 e. The van der Waals surface area contributed by atoms with Crippen LogP contribution in [0.15, 0.2) is 54.7 Å². The lowest BCUT2D eigenvalue weighted by Crippen LogP contribution is -2.28. The van der Waals surface area contributed by atoms with Crippen molar-refractivity contribution in [3.63, 3.8) is 0 Å². The van der Waals surface area contributed by atoms with Crippen LogP contribution in [0, 0.1) is 5.92 Å². The fourth-order valence-electron chi connectivity index (χ4n) is 3.36. The van der Waals surface area contributed by atoms with Crippen LogP contribution in [-0.4, -0.2) is 33.5 Å². The molecule has 0 aliphatic rings. The Bertz CT molecular complexity index is 1180. The lowest BCUT2D eigenvalue weighted by Gasteiger charge is -2.13. The molecule has 2 aromatic heterocycles. The molecular weight excluding hydrogens is 376 g/mol. The number of anilines is 2. The summed E-state index contributed by atoms with van der Waals surface area (Å²) in [7, 11) is 0. The van der Waals surface area contributed by atoms with Crippen LogP contribution < -0.4 is 16.0 Å². The average molecular weight is 403 g/mol. The molecule has 0 aliphatic carbocycles. The van der Waals surface area contributed by atoms with E-state index in [0.717, 1.165) is 46.0 Å². The lowest BCUT2D eigenvalue weighted by molar-refractivity contribution is 0.252. The molecule has 2 heterocycles. The predicted molar refractivity (Wildman–Crippen MR) is 122 cm³/mol. The van der Waals surface area contributed by atoms with E-state index >= 15 is 0 Å². The normalized spacial score (nSPS) is 11.2. The summed E-state index contributed by atoms with van der Waals surface area (Å²) in [6.45, 7) is 7.62. The summed E-state index contributed by atoms with van der Waals surface area (Å²) >= 11 is 0. The topological polar surface area (TPSA) is 83.3 Å². The Morgan fingerprint density at radius 2 is 1.87 bits per heavy atom. The highest BCUT2D eigenvalue weighted by Crippen LogP contribution is 2.29. The van der Waals surface area contributed by atoms with E-state index in [4.69, 9.17) is 4.98 Å². The molecule has 0 bridgehead atoms. The monoisotopic (exact) mass is 402 g/mol. The Labute approximate surface area is 175 Å². The summed E-state index contributed by atoms with van der Waals surface area (Å²) in [6, 6.07) is 15.6. The number of rotatable bonds is 6. The second-order valence-corrected chi connectivity index (χ2v) is 7.59. The maximum Gasteiger partial charge on any atom is 0.319 e. The van der Waals surface area contributed by atoms with Crippen molar-refractivity contribution >= 4 is 34.2 Å². The molecule has 0 fully saturated rings. The van der Waals surface area contributed by atoms with Crippen molar-refractivity contribution in [2.75, 3.05) is 23.7 Å². The minimum atomic E-state index is -0.210. The van der Waals surface area contributed by atoms with Gasteiger partial charge in [-0.3, -0.25) is 4.40 Å². The number of carbonyl (C=O) groups excluding carboxylic acids is 1. The molecule has 0 unspecified atom stereocenters. The smallest absolute Gasteiger partial charge is 0.319 e. The van der Waals surface area contributed by atoms with Crippen molar-refractivity contribution in [2.45, 2.75) is 20.8 Å². The summed E-state index contributed by atoms with van der Waals surface area (Å²) in [4.78, 5) is 21.2. The number of imidazole rings is 1. The first-order valence-electron chi connectivity index (χ1n) is 10.2. The molecule has 4 aromatic rings. The summed E-state index contributed by atoms with van der Waals surface area (Å²) < 4.78 is 2.14. The zero-order valence-corrected chi connectivity index (χ0v) is 17.4. The standard InChI is InChI=1S/C23H26N6O/c1-4-24-23(30)27-17-11-9-16(10-12-17)20-14-26-22-21(25-13-15(2)3)28-18-7-5-6-8-19(18)29(20)22/h5-12,14-15H,4,13H2,1-3H3,(H,25,28)(H2,24,27,30). The predicted octanol–water partition coefficient (Wildman–Crippen LogP) is 4.76. The van der Waals surface area contributed by atoms with Crippen LogP contribution in [0.4, 0.5) is 16.3 Å². The van der Waals surface area contributed by atoms with Gasteiger partial charge in [-0.2, -0.15) is 0 Å². The summed E-state index contributed by atoms with van der Waals surface area (Å²) in [5, 5.41) is 8.99. The van der Waals surface area contributed by atoms with E-state index in [1.54, 1.807) is 0 Å². The molecule has 0 spiro atoms. The summed E-state index contributed by atoms with van der Waals surface area (Å²) in [6.07, 6.45) is 1.87. The second-order valence-electron chi connectivity index (χ2n) is 7.59. The number of urea groups is 1. The van der Waals surface area contributed by atoms with Crippen LogP contribution in [0.1, 0.15) is 20.8 Å². The third-order valence-corrected chi connectivity index (χ3v) is 4.78. The number of nitrogens with zero attached hydrogens (tertiary/aromatic N) is 3. The van der Waals surface area contributed by atoms with Crippen LogP contribution >= 0.6 is 0 Å². The van der Waals surface area contributed by atoms with E-state index in [2.05, 4.69) is 45.2 Å². The van der Waals surface area contributed by atoms with Gasteiger partial charge in [0.05, 0.1) is 22.9 Å². The number of hydrogen-bond donors (Lipinski definition) is 3. The molecule has 3 N–H and O–H groups in total. The van der Waals surface area contributed by atoms with Crippen molar-refractivity contribution < 1.29 is 4.79 Å². The number of amides is 2. The van der Waals surface area contributed by atoms with E-state index in [0.29, 0.717) is 12.5 Å². The Kier molecular flexibility index (Phi) is 5.52. The van der Waals surface area contributed by atoms with Crippen LogP contribution in [-0.2, 0) is 0 Å². The van der Waals surface area contributed by atoms with Crippen LogP contribution in [0.3, 0.4) is 0 Å². The van der Waals surface area contributed by atoms with Gasteiger partial charge in [0.25, 0.3) is 0 Å². The van der Waals surface area contributed by atoms with Gasteiger partial charge in [0, 0.05) is 24.3 Å². The molecule has 2 aromatic carbocycles. The van der Waals surface area contributed by atoms with Gasteiger partial charge in [-0.05, 0) is 37.1 Å². The van der Waals surface area contributed by atoms with Gasteiger partial charge in [-0.15, -0.1) is 0 Å². The molecule has 0 aliphatic heterocycles. The van der Waals surface area contributed by atoms with Crippen molar-refractivity contribution in [2.24, 2.45) is 5.92 Å². The number of nitrogens with one attached hydrogen (secondary N) is 3. The Morgan fingerprint density at radius 1 is 1.10 bits per heavy atom. The van der Waals surface area contributed by atoms with Gasteiger partial charge >= 0.3 is 6.03 Å². The number of para-hydroxylation sites is 2. The zero-order valence-electron chi connectivity index (χ0n) is 17.4. The SMILES string of the molecule is CCNC(=O)Nc1ccc(-c2cnc3c(NCC(C)C)nc4ccccc4n23)cc1. The second kappa shape index (κ2) is 8.41.